The fourth-order valence-corrected chi connectivity index (χ4v) is 3.09. The molecule has 1 aliphatic rings. The third kappa shape index (κ3) is 3.21. The standard InChI is InChI=1S/C15H23NO/c1-15(2,3)11-12-7-8-13(10-12)16-9-5-4-6-14(16)17/h4-6,9,12-13H,7-8,10-11H2,1-3H3/t12-,13+/m1/s1. The molecule has 0 N–H and O–H groups in total. The molecule has 0 radical (unpaired) electrons. The van der Waals surface area contributed by atoms with Crippen molar-refractivity contribution in [3.05, 3.63) is 34.7 Å². The fourth-order valence-electron chi connectivity index (χ4n) is 3.09. The molecule has 0 unspecified atom stereocenters. The lowest BCUT2D eigenvalue weighted by atomic mass is 9.84. The van der Waals surface area contributed by atoms with Crippen LogP contribution in [0.15, 0.2) is 29.2 Å². The summed E-state index contributed by atoms with van der Waals surface area (Å²) in [5.41, 5.74) is 0.551. The van der Waals surface area contributed by atoms with Gasteiger partial charge in [-0.2, -0.15) is 0 Å². The van der Waals surface area contributed by atoms with E-state index in [0.717, 1.165) is 12.3 Å². The summed E-state index contributed by atoms with van der Waals surface area (Å²) in [6.45, 7) is 6.90. The van der Waals surface area contributed by atoms with Crippen LogP contribution in [-0.2, 0) is 0 Å². The quantitative estimate of drug-likeness (QED) is 0.764. The van der Waals surface area contributed by atoms with E-state index in [0.29, 0.717) is 11.5 Å². The molecule has 1 aromatic rings. The number of rotatable bonds is 2. The minimum Gasteiger partial charge on any atom is -0.312 e. The Kier molecular flexibility index (Phi) is 3.41. The predicted molar refractivity (Wildman–Crippen MR) is 71.2 cm³/mol. The monoisotopic (exact) mass is 233 g/mol. The molecule has 2 rings (SSSR count). The molecule has 1 fully saturated rings. The van der Waals surface area contributed by atoms with E-state index in [2.05, 4.69) is 20.8 Å². The van der Waals surface area contributed by atoms with Crippen molar-refractivity contribution in [2.75, 3.05) is 0 Å². The van der Waals surface area contributed by atoms with Gasteiger partial charge in [-0.1, -0.05) is 26.8 Å². The lowest BCUT2D eigenvalue weighted by molar-refractivity contribution is 0.291. The molecule has 0 spiro atoms. The number of pyridine rings is 1. The zero-order chi connectivity index (χ0) is 12.5. The van der Waals surface area contributed by atoms with E-state index in [1.807, 2.05) is 22.9 Å². The van der Waals surface area contributed by atoms with Crippen molar-refractivity contribution in [3.63, 3.8) is 0 Å². The maximum atomic E-state index is 11.8. The third-order valence-corrected chi connectivity index (χ3v) is 3.66. The van der Waals surface area contributed by atoms with E-state index in [1.54, 1.807) is 6.07 Å². The highest BCUT2D eigenvalue weighted by atomic mass is 16.1. The molecule has 0 saturated heterocycles. The van der Waals surface area contributed by atoms with E-state index in [9.17, 15) is 4.79 Å². The number of aromatic nitrogens is 1. The SMILES string of the molecule is CC(C)(C)C[C@@H]1CC[C@H](n2ccccc2=O)C1. The Labute approximate surface area is 104 Å². The topological polar surface area (TPSA) is 22.0 Å². The Morgan fingerprint density at radius 2 is 2.06 bits per heavy atom. The highest BCUT2D eigenvalue weighted by molar-refractivity contribution is 4.97. The van der Waals surface area contributed by atoms with Gasteiger partial charge in [0.15, 0.2) is 0 Å². The van der Waals surface area contributed by atoms with Crippen LogP contribution in [0.5, 0.6) is 0 Å². The average Bonchev–Trinajstić information content (AvgIpc) is 2.64. The van der Waals surface area contributed by atoms with Gasteiger partial charge in [-0.25, -0.2) is 0 Å². The predicted octanol–water partition coefficient (Wildman–Crippen LogP) is 3.63. The lowest BCUT2D eigenvalue weighted by Gasteiger charge is -2.23. The van der Waals surface area contributed by atoms with Crippen molar-refractivity contribution < 1.29 is 0 Å². The molecule has 2 nitrogen and oxygen atoms in total. The van der Waals surface area contributed by atoms with Gasteiger partial charge >= 0.3 is 0 Å². The van der Waals surface area contributed by atoms with Crippen molar-refractivity contribution in [2.24, 2.45) is 11.3 Å². The highest BCUT2D eigenvalue weighted by Gasteiger charge is 2.29. The van der Waals surface area contributed by atoms with Crippen LogP contribution in [0.25, 0.3) is 0 Å². The van der Waals surface area contributed by atoms with E-state index in [-0.39, 0.29) is 5.56 Å². The Morgan fingerprint density at radius 1 is 1.29 bits per heavy atom. The van der Waals surface area contributed by atoms with Crippen LogP contribution in [0.3, 0.4) is 0 Å². The summed E-state index contributed by atoms with van der Waals surface area (Å²) < 4.78 is 1.92. The first kappa shape index (κ1) is 12.4. The van der Waals surface area contributed by atoms with Crippen LogP contribution >= 0.6 is 0 Å². The summed E-state index contributed by atoms with van der Waals surface area (Å²) in [7, 11) is 0. The molecule has 1 saturated carbocycles. The highest BCUT2D eigenvalue weighted by Crippen LogP contribution is 2.40. The maximum Gasteiger partial charge on any atom is 0.250 e. The summed E-state index contributed by atoms with van der Waals surface area (Å²) in [5, 5.41) is 0. The molecule has 17 heavy (non-hydrogen) atoms. The van der Waals surface area contributed by atoms with Crippen molar-refractivity contribution in [1.82, 2.24) is 4.57 Å². The van der Waals surface area contributed by atoms with Gasteiger partial charge in [-0.3, -0.25) is 4.79 Å². The maximum absolute atomic E-state index is 11.8. The average molecular weight is 233 g/mol. The van der Waals surface area contributed by atoms with Crippen LogP contribution in [0, 0.1) is 11.3 Å². The lowest BCUT2D eigenvalue weighted by Crippen LogP contribution is -2.21. The molecule has 0 aromatic carbocycles. The minimum absolute atomic E-state index is 0.147. The van der Waals surface area contributed by atoms with Gasteiger partial charge in [0, 0.05) is 18.3 Å². The first-order valence-corrected chi connectivity index (χ1v) is 6.63. The van der Waals surface area contributed by atoms with E-state index in [4.69, 9.17) is 0 Å². The van der Waals surface area contributed by atoms with Crippen molar-refractivity contribution in [2.45, 2.75) is 52.5 Å². The molecule has 2 heteroatoms. The Hall–Kier alpha value is -1.05. The molecular weight excluding hydrogens is 210 g/mol. The number of hydrogen-bond acceptors (Lipinski definition) is 1. The zero-order valence-corrected chi connectivity index (χ0v) is 11.1. The Balaban J connectivity index is 2.04. The molecule has 0 bridgehead atoms. The smallest absolute Gasteiger partial charge is 0.250 e. The zero-order valence-electron chi connectivity index (χ0n) is 11.1. The first-order valence-electron chi connectivity index (χ1n) is 6.63. The normalized spacial score (nSPS) is 25.1. The van der Waals surface area contributed by atoms with Gasteiger partial charge in [0.05, 0.1) is 0 Å². The molecule has 0 amide bonds. The van der Waals surface area contributed by atoms with Crippen LogP contribution in [0.1, 0.15) is 52.5 Å². The molecule has 1 aromatic heterocycles. The molecule has 1 heterocycles. The van der Waals surface area contributed by atoms with Crippen LogP contribution in [0.2, 0.25) is 0 Å². The summed E-state index contributed by atoms with van der Waals surface area (Å²) >= 11 is 0. The molecule has 0 aliphatic heterocycles. The molecule has 94 valence electrons. The summed E-state index contributed by atoms with van der Waals surface area (Å²) in [6.07, 6.45) is 6.80. The van der Waals surface area contributed by atoms with Crippen LogP contribution < -0.4 is 5.56 Å². The van der Waals surface area contributed by atoms with Gasteiger partial charge in [0.2, 0.25) is 0 Å². The third-order valence-electron chi connectivity index (χ3n) is 3.66. The van der Waals surface area contributed by atoms with E-state index >= 15 is 0 Å². The van der Waals surface area contributed by atoms with Gasteiger partial charge in [0.25, 0.3) is 5.56 Å². The minimum atomic E-state index is 0.147. The van der Waals surface area contributed by atoms with Crippen LogP contribution in [0.4, 0.5) is 0 Å². The second kappa shape index (κ2) is 4.67. The second-order valence-electron chi connectivity index (χ2n) is 6.54. The van der Waals surface area contributed by atoms with Crippen molar-refractivity contribution >= 4 is 0 Å². The van der Waals surface area contributed by atoms with Crippen molar-refractivity contribution in [1.29, 1.82) is 0 Å². The van der Waals surface area contributed by atoms with E-state index < -0.39 is 0 Å². The van der Waals surface area contributed by atoms with Gasteiger partial charge in [-0.15, -0.1) is 0 Å². The van der Waals surface area contributed by atoms with Crippen LogP contribution in [-0.4, -0.2) is 4.57 Å². The number of nitrogens with zero attached hydrogens (tertiary/aromatic N) is 1. The van der Waals surface area contributed by atoms with Gasteiger partial charge < -0.3 is 4.57 Å². The Morgan fingerprint density at radius 3 is 2.71 bits per heavy atom. The first-order chi connectivity index (χ1) is 7.96. The van der Waals surface area contributed by atoms with Gasteiger partial charge in [0.1, 0.15) is 0 Å². The second-order valence-corrected chi connectivity index (χ2v) is 6.54. The van der Waals surface area contributed by atoms with Gasteiger partial charge in [-0.05, 0) is 43.1 Å². The fraction of sp³-hybridized carbons (Fsp3) is 0.667. The van der Waals surface area contributed by atoms with E-state index in [1.165, 1.54) is 19.3 Å². The summed E-state index contributed by atoms with van der Waals surface area (Å²) in [5.74, 6) is 0.784. The van der Waals surface area contributed by atoms with Crippen molar-refractivity contribution in [3.8, 4) is 0 Å². The molecule has 1 aliphatic carbocycles. The summed E-state index contributed by atoms with van der Waals surface area (Å²) in [6, 6.07) is 5.87. The molecular formula is C15H23NO. The molecule has 2 atom stereocenters. The number of hydrogen-bond donors (Lipinski definition) is 0. The Bertz CT molecular complexity index is 427. The summed E-state index contributed by atoms with van der Waals surface area (Å²) in [4.78, 5) is 11.8. The largest absolute Gasteiger partial charge is 0.312 e.